The van der Waals surface area contributed by atoms with Gasteiger partial charge in [0.15, 0.2) is 0 Å². The minimum atomic E-state index is -0.210. The monoisotopic (exact) mass is 262 g/mol. The average molecular weight is 262 g/mol. The molecule has 0 saturated carbocycles. The predicted molar refractivity (Wildman–Crippen MR) is 73.9 cm³/mol. The fourth-order valence-electron chi connectivity index (χ4n) is 1.83. The van der Waals surface area contributed by atoms with Crippen LogP contribution in [0.3, 0.4) is 0 Å². The zero-order valence-corrected chi connectivity index (χ0v) is 11.3. The molecule has 0 heterocycles. The Kier molecular flexibility index (Phi) is 3.92. The highest BCUT2D eigenvalue weighted by molar-refractivity contribution is 7.80. The van der Waals surface area contributed by atoms with Crippen molar-refractivity contribution in [3.05, 3.63) is 58.9 Å². The summed E-state index contributed by atoms with van der Waals surface area (Å²) in [5.74, 6) is 0.505. The molecule has 0 saturated heterocycles. The molecule has 94 valence electrons. The summed E-state index contributed by atoms with van der Waals surface area (Å²) in [5.41, 5.74) is 2.45. The molecule has 0 radical (unpaired) electrons. The quantitative estimate of drug-likeness (QED) is 0.811. The van der Waals surface area contributed by atoms with Gasteiger partial charge in [0.05, 0.1) is 0 Å². The lowest BCUT2D eigenvalue weighted by Crippen LogP contribution is -2.02. The topological polar surface area (TPSA) is 9.23 Å². The van der Waals surface area contributed by atoms with Gasteiger partial charge in [0.2, 0.25) is 0 Å². The number of halogens is 1. The standard InChI is InChI=1S/C15H15FOS/c1-10-7-11(2)14(15(16)8-10)9-17-12-3-5-13(18)6-4-12/h3-8,18H,9H2,1-2H3. The molecule has 0 unspecified atom stereocenters. The Hall–Kier alpha value is -1.48. The molecule has 0 aromatic heterocycles. The van der Waals surface area contributed by atoms with Crippen molar-refractivity contribution in [1.82, 2.24) is 0 Å². The first-order chi connectivity index (χ1) is 8.56. The van der Waals surface area contributed by atoms with Gasteiger partial charge in [-0.25, -0.2) is 4.39 Å². The normalized spacial score (nSPS) is 10.4. The van der Waals surface area contributed by atoms with Crippen LogP contribution in [0.5, 0.6) is 5.75 Å². The van der Waals surface area contributed by atoms with Crippen molar-refractivity contribution >= 4 is 12.6 Å². The van der Waals surface area contributed by atoms with Gasteiger partial charge in [-0.05, 0) is 55.3 Å². The lowest BCUT2D eigenvalue weighted by atomic mass is 10.1. The van der Waals surface area contributed by atoms with E-state index in [2.05, 4.69) is 12.6 Å². The number of rotatable bonds is 3. The first-order valence-corrected chi connectivity index (χ1v) is 6.18. The van der Waals surface area contributed by atoms with Crippen LogP contribution < -0.4 is 4.74 Å². The summed E-state index contributed by atoms with van der Waals surface area (Å²) in [7, 11) is 0. The Bertz CT molecular complexity index is 526. The van der Waals surface area contributed by atoms with Gasteiger partial charge in [-0.2, -0.15) is 0 Å². The van der Waals surface area contributed by atoms with E-state index in [-0.39, 0.29) is 12.4 Å². The van der Waals surface area contributed by atoms with Crippen molar-refractivity contribution < 1.29 is 9.13 Å². The highest BCUT2D eigenvalue weighted by Crippen LogP contribution is 2.20. The summed E-state index contributed by atoms with van der Waals surface area (Å²) < 4.78 is 19.4. The third-order valence-corrected chi connectivity index (χ3v) is 3.08. The molecule has 0 aliphatic carbocycles. The van der Waals surface area contributed by atoms with E-state index < -0.39 is 0 Å². The van der Waals surface area contributed by atoms with Crippen LogP contribution in [-0.4, -0.2) is 0 Å². The Morgan fingerprint density at radius 2 is 1.78 bits per heavy atom. The van der Waals surface area contributed by atoms with Gasteiger partial charge in [-0.15, -0.1) is 12.6 Å². The van der Waals surface area contributed by atoms with E-state index in [0.717, 1.165) is 16.0 Å². The molecule has 0 aliphatic rings. The highest BCUT2D eigenvalue weighted by Gasteiger charge is 2.07. The zero-order chi connectivity index (χ0) is 13.1. The van der Waals surface area contributed by atoms with Crippen LogP contribution in [0.15, 0.2) is 41.3 Å². The van der Waals surface area contributed by atoms with Gasteiger partial charge in [0.25, 0.3) is 0 Å². The minimum Gasteiger partial charge on any atom is -0.489 e. The molecule has 2 aromatic rings. The number of hydrogen-bond acceptors (Lipinski definition) is 2. The number of aryl methyl sites for hydroxylation is 2. The molecule has 0 N–H and O–H groups in total. The summed E-state index contributed by atoms with van der Waals surface area (Å²) in [4.78, 5) is 0.875. The first-order valence-electron chi connectivity index (χ1n) is 5.74. The van der Waals surface area contributed by atoms with E-state index in [9.17, 15) is 4.39 Å². The minimum absolute atomic E-state index is 0.210. The fourth-order valence-corrected chi connectivity index (χ4v) is 1.98. The van der Waals surface area contributed by atoms with Crippen LogP contribution in [0.25, 0.3) is 0 Å². The van der Waals surface area contributed by atoms with Crippen molar-refractivity contribution in [1.29, 1.82) is 0 Å². The van der Waals surface area contributed by atoms with Crippen LogP contribution in [0.1, 0.15) is 16.7 Å². The molecule has 1 nitrogen and oxygen atoms in total. The fraction of sp³-hybridized carbons (Fsp3) is 0.200. The van der Waals surface area contributed by atoms with Crippen LogP contribution >= 0.6 is 12.6 Å². The van der Waals surface area contributed by atoms with E-state index >= 15 is 0 Å². The predicted octanol–water partition coefficient (Wildman–Crippen LogP) is 4.31. The van der Waals surface area contributed by atoms with Crippen molar-refractivity contribution in [2.45, 2.75) is 25.3 Å². The molecular weight excluding hydrogens is 247 g/mol. The van der Waals surface area contributed by atoms with Crippen molar-refractivity contribution in [3.8, 4) is 5.75 Å². The third-order valence-electron chi connectivity index (χ3n) is 2.78. The Labute approximate surface area is 112 Å². The van der Waals surface area contributed by atoms with E-state index in [1.54, 1.807) is 0 Å². The largest absolute Gasteiger partial charge is 0.489 e. The van der Waals surface area contributed by atoms with Gasteiger partial charge in [-0.3, -0.25) is 0 Å². The van der Waals surface area contributed by atoms with E-state index in [0.29, 0.717) is 11.3 Å². The first kappa shape index (κ1) is 13.0. The molecule has 0 aliphatic heterocycles. The maximum Gasteiger partial charge on any atom is 0.130 e. The second-order valence-electron chi connectivity index (χ2n) is 4.32. The summed E-state index contributed by atoms with van der Waals surface area (Å²) in [6, 6.07) is 10.8. The molecule has 0 atom stereocenters. The van der Waals surface area contributed by atoms with E-state index in [4.69, 9.17) is 4.74 Å². The number of hydrogen-bond donors (Lipinski definition) is 1. The molecule has 0 bridgehead atoms. The summed E-state index contributed by atoms with van der Waals surface area (Å²) in [6.45, 7) is 4.02. The summed E-state index contributed by atoms with van der Waals surface area (Å²) >= 11 is 4.20. The molecule has 0 fully saturated rings. The molecule has 3 heteroatoms. The highest BCUT2D eigenvalue weighted by atomic mass is 32.1. The molecule has 0 amide bonds. The van der Waals surface area contributed by atoms with E-state index in [1.165, 1.54) is 6.07 Å². The van der Waals surface area contributed by atoms with Gasteiger partial charge in [-0.1, -0.05) is 6.07 Å². The maximum absolute atomic E-state index is 13.8. The number of thiol groups is 1. The van der Waals surface area contributed by atoms with Crippen molar-refractivity contribution in [2.24, 2.45) is 0 Å². The number of ether oxygens (including phenoxy) is 1. The third kappa shape index (κ3) is 3.05. The maximum atomic E-state index is 13.8. The second kappa shape index (κ2) is 5.44. The average Bonchev–Trinajstić information content (AvgIpc) is 2.30. The van der Waals surface area contributed by atoms with Gasteiger partial charge >= 0.3 is 0 Å². The lowest BCUT2D eigenvalue weighted by molar-refractivity contribution is 0.298. The Morgan fingerprint density at radius 3 is 2.39 bits per heavy atom. The molecule has 2 rings (SSSR count). The van der Waals surface area contributed by atoms with Crippen LogP contribution in [0.2, 0.25) is 0 Å². The zero-order valence-electron chi connectivity index (χ0n) is 10.4. The molecule has 2 aromatic carbocycles. The Morgan fingerprint density at radius 1 is 1.11 bits per heavy atom. The lowest BCUT2D eigenvalue weighted by Gasteiger charge is -2.10. The Balaban J connectivity index is 2.13. The van der Waals surface area contributed by atoms with Crippen LogP contribution in [0, 0.1) is 19.7 Å². The van der Waals surface area contributed by atoms with Crippen LogP contribution in [-0.2, 0) is 6.61 Å². The summed E-state index contributed by atoms with van der Waals surface area (Å²) in [6.07, 6.45) is 0. The van der Waals surface area contributed by atoms with Gasteiger partial charge < -0.3 is 4.74 Å². The van der Waals surface area contributed by atoms with Crippen molar-refractivity contribution in [3.63, 3.8) is 0 Å². The van der Waals surface area contributed by atoms with Gasteiger partial charge in [0.1, 0.15) is 18.2 Å². The van der Waals surface area contributed by atoms with E-state index in [1.807, 2.05) is 44.2 Å². The van der Waals surface area contributed by atoms with Crippen LogP contribution in [0.4, 0.5) is 4.39 Å². The smallest absolute Gasteiger partial charge is 0.130 e. The molecule has 0 spiro atoms. The number of benzene rings is 2. The van der Waals surface area contributed by atoms with Crippen molar-refractivity contribution in [2.75, 3.05) is 0 Å². The summed E-state index contributed by atoms with van der Waals surface area (Å²) in [5, 5.41) is 0. The molecular formula is C15H15FOS. The SMILES string of the molecule is Cc1cc(C)c(COc2ccc(S)cc2)c(F)c1. The second-order valence-corrected chi connectivity index (χ2v) is 4.84. The molecule has 18 heavy (non-hydrogen) atoms. The van der Waals surface area contributed by atoms with Gasteiger partial charge in [0, 0.05) is 10.5 Å².